The van der Waals surface area contributed by atoms with Crippen molar-refractivity contribution < 1.29 is 4.79 Å². The van der Waals surface area contributed by atoms with Crippen LogP contribution in [0.25, 0.3) is 22.5 Å². The topological polar surface area (TPSA) is 76.8 Å². The van der Waals surface area contributed by atoms with Crippen LogP contribution in [0.4, 0.5) is 0 Å². The lowest BCUT2D eigenvalue weighted by molar-refractivity contribution is 0.0786. The minimum absolute atomic E-state index is 0.0443. The zero-order valence-corrected chi connectivity index (χ0v) is 17.1. The Bertz CT molecular complexity index is 1200. The fraction of sp³-hybridized carbons (Fsp3) is 0.208. The quantitative estimate of drug-likeness (QED) is 0.502. The Morgan fingerprint density at radius 1 is 0.903 bits per heavy atom. The fourth-order valence-corrected chi connectivity index (χ4v) is 3.81. The van der Waals surface area contributed by atoms with Gasteiger partial charge in [0.1, 0.15) is 5.69 Å². The van der Waals surface area contributed by atoms with Gasteiger partial charge in [0.2, 0.25) is 0 Å². The minimum Gasteiger partial charge on any atom is -0.337 e. The van der Waals surface area contributed by atoms with Crippen LogP contribution in [-0.4, -0.2) is 48.6 Å². The molecule has 1 aromatic carbocycles. The Morgan fingerprint density at radius 2 is 1.74 bits per heavy atom. The van der Waals surface area contributed by atoms with Gasteiger partial charge in [0, 0.05) is 42.8 Å². The van der Waals surface area contributed by atoms with Crippen LogP contribution >= 0.6 is 0 Å². The molecule has 5 rings (SSSR count). The lowest BCUT2D eigenvalue weighted by Gasteiger charge is -2.14. The van der Waals surface area contributed by atoms with Crippen LogP contribution in [-0.2, 0) is 6.54 Å². The number of aromatic nitrogens is 5. The van der Waals surface area contributed by atoms with Crippen molar-refractivity contribution in [1.82, 2.24) is 29.6 Å². The van der Waals surface area contributed by atoms with Crippen LogP contribution in [0.5, 0.6) is 0 Å². The normalized spacial score (nSPS) is 13.5. The number of carbonyl (C=O) groups excluding carboxylic acids is 1. The first kappa shape index (κ1) is 19.1. The van der Waals surface area contributed by atoms with Crippen LogP contribution in [0.3, 0.4) is 0 Å². The SMILES string of the molecule is O=C(c1cncc(-c2cccc(-c3ccn(Cc4cccnc4)n3)c2)n1)N1CCCC1. The number of hydrogen-bond donors (Lipinski definition) is 0. The van der Waals surface area contributed by atoms with Gasteiger partial charge in [-0.05, 0) is 36.6 Å². The summed E-state index contributed by atoms with van der Waals surface area (Å²) in [4.78, 5) is 27.5. The van der Waals surface area contributed by atoms with Crippen molar-refractivity contribution in [3.05, 3.63) is 84.7 Å². The zero-order chi connectivity index (χ0) is 21.0. The van der Waals surface area contributed by atoms with E-state index < -0.39 is 0 Å². The Hall–Kier alpha value is -3.87. The second-order valence-corrected chi connectivity index (χ2v) is 7.63. The number of pyridine rings is 1. The maximum Gasteiger partial charge on any atom is 0.274 e. The highest BCUT2D eigenvalue weighted by Gasteiger charge is 2.21. The molecule has 154 valence electrons. The smallest absolute Gasteiger partial charge is 0.274 e. The molecule has 3 aromatic heterocycles. The van der Waals surface area contributed by atoms with Gasteiger partial charge in [-0.15, -0.1) is 0 Å². The predicted molar refractivity (Wildman–Crippen MR) is 117 cm³/mol. The number of benzene rings is 1. The summed E-state index contributed by atoms with van der Waals surface area (Å²) in [5, 5.41) is 4.70. The lowest BCUT2D eigenvalue weighted by Crippen LogP contribution is -2.28. The number of rotatable bonds is 5. The minimum atomic E-state index is -0.0443. The summed E-state index contributed by atoms with van der Waals surface area (Å²) in [7, 11) is 0. The first-order valence-electron chi connectivity index (χ1n) is 10.4. The summed E-state index contributed by atoms with van der Waals surface area (Å²) in [5.41, 5.74) is 4.94. The van der Waals surface area contributed by atoms with Gasteiger partial charge in [-0.2, -0.15) is 5.10 Å². The third kappa shape index (κ3) is 4.21. The van der Waals surface area contributed by atoms with E-state index >= 15 is 0 Å². The lowest BCUT2D eigenvalue weighted by atomic mass is 10.1. The van der Waals surface area contributed by atoms with E-state index in [-0.39, 0.29) is 5.91 Å². The van der Waals surface area contributed by atoms with Crippen LogP contribution in [0.1, 0.15) is 28.9 Å². The summed E-state index contributed by atoms with van der Waals surface area (Å²) in [6.45, 7) is 2.25. The number of nitrogens with zero attached hydrogens (tertiary/aromatic N) is 6. The Morgan fingerprint density at radius 3 is 2.55 bits per heavy atom. The summed E-state index contributed by atoms with van der Waals surface area (Å²) in [6, 6.07) is 14.0. The Balaban J connectivity index is 1.38. The highest BCUT2D eigenvalue weighted by Crippen LogP contribution is 2.24. The zero-order valence-electron chi connectivity index (χ0n) is 17.1. The molecule has 0 unspecified atom stereocenters. The van der Waals surface area contributed by atoms with Gasteiger partial charge in [-0.1, -0.05) is 24.3 Å². The molecular formula is C24H22N6O. The van der Waals surface area contributed by atoms with Gasteiger partial charge in [0.05, 0.1) is 30.3 Å². The van der Waals surface area contributed by atoms with E-state index in [2.05, 4.69) is 15.0 Å². The first-order chi connectivity index (χ1) is 15.3. The van der Waals surface area contributed by atoms with E-state index in [1.54, 1.807) is 18.6 Å². The largest absolute Gasteiger partial charge is 0.337 e. The molecule has 0 aliphatic carbocycles. The first-order valence-corrected chi connectivity index (χ1v) is 10.4. The molecule has 0 bridgehead atoms. The molecule has 0 atom stereocenters. The molecule has 1 fully saturated rings. The third-order valence-electron chi connectivity index (χ3n) is 5.41. The van der Waals surface area contributed by atoms with Crippen LogP contribution in [0, 0.1) is 0 Å². The van der Waals surface area contributed by atoms with Gasteiger partial charge >= 0.3 is 0 Å². The molecule has 31 heavy (non-hydrogen) atoms. The van der Waals surface area contributed by atoms with Crippen LogP contribution < -0.4 is 0 Å². The van der Waals surface area contributed by atoms with Crippen LogP contribution in [0.2, 0.25) is 0 Å². The number of hydrogen-bond acceptors (Lipinski definition) is 5. The highest BCUT2D eigenvalue weighted by molar-refractivity contribution is 5.92. The van der Waals surface area contributed by atoms with Gasteiger partial charge < -0.3 is 4.90 Å². The molecule has 7 heteroatoms. The van der Waals surface area contributed by atoms with Crippen molar-refractivity contribution in [2.24, 2.45) is 0 Å². The maximum absolute atomic E-state index is 12.7. The molecule has 0 saturated carbocycles. The second-order valence-electron chi connectivity index (χ2n) is 7.63. The molecule has 0 spiro atoms. The second kappa shape index (κ2) is 8.47. The Labute approximate surface area is 180 Å². The van der Waals surface area contributed by atoms with Crippen molar-refractivity contribution in [2.75, 3.05) is 13.1 Å². The summed E-state index contributed by atoms with van der Waals surface area (Å²) < 4.78 is 1.90. The molecule has 0 radical (unpaired) electrons. The van der Waals surface area contributed by atoms with Gasteiger partial charge in [-0.25, -0.2) is 4.98 Å². The highest BCUT2D eigenvalue weighted by atomic mass is 16.2. The predicted octanol–water partition coefficient (Wildman–Crippen LogP) is 3.69. The summed E-state index contributed by atoms with van der Waals surface area (Å²) in [6.07, 6.45) is 10.9. The molecule has 1 saturated heterocycles. The van der Waals surface area contributed by atoms with E-state index in [0.717, 1.165) is 48.3 Å². The molecule has 4 aromatic rings. The van der Waals surface area contributed by atoms with Gasteiger partial charge in [0.25, 0.3) is 5.91 Å². The van der Waals surface area contributed by atoms with Crippen molar-refractivity contribution in [3.63, 3.8) is 0 Å². The van der Waals surface area contributed by atoms with E-state index in [1.807, 2.05) is 64.4 Å². The van der Waals surface area contributed by atoms with Crippen molar-refractivity contribution in [1.29, 1.82) is 0 Å². The van der Waals surface area contributed by atoms with Gasteiger partial charge in [0.15, 0.2) is 0 Å². The van der Waals surface area contributed by atoms with E-state index in [0.29, 0.717) is 17.9 Å². The van der Waals surface area contributed by atoms with E-state index in [9.17, 15) is 4.79 Å². The summed E-state index contributed by atoms with van der Waals surface area (Å²) >= 11 is 0. The van der Waals surface area contributed by atoms with Crippen molar-refractivity contribution in [3.8, 4) is 22.5 Å². The average molecular weight is 410 g/mol. The average Bonchev–Trinajstić information content (AvgIpc) is 3.52. The maximum atomic E-state index is 12.7. The standard InChI is InChI=1S/C24H22N6O/c31-24(29-10-1-2-11-29)23-16-26-15-22(27-23)20-7-3-6-19(13-20)21-8-12-30(28-21)17-18-5-4-9-25-14-18/h3-9,12-16H,1-2,10-11,17H2. The fourth-order valence-electron chi connectivity index (χ4n) is 3.81. The molecular weight excluding hydrogens is 388 g/mol. The molecule has 1 aliphatic rings. The third-order valence-corrected chi connectivity index (χ3v) is 5.41. The monoisotopic (exact) mass is 410 g/mol. The molecule has 7 nitrogen and oxygen atoms in total. The molecule has 1 amide bonds. The number of amides is 1. The van der Waals surface area contributed by atoms with Crippen LogP contribution in [0.15, 0.2) is 73.4 Å². The Kier molecular flexibility index (Phi) is 5.22. The molecule has 0 N–H and O–H groups in total. The number of likely N-dealkylation sites (tertiary alicyclic amines) is 1. The summed E-state index contributed by atoms with van der Waals surface area (Å²) in [5.74, 6) is -0.0443. The van der Waals surface area contributed by atoms with E-state index in [1.165, 1.54) is 0 Å². The van der Waals surface area contributed by atoms with Crippen molar-refractivity contribution in [2.45, 2.75) is 19.4 Å². The molecule has 1 aliphatic heterocycles. The number of carbonyl (C=O) groups is 1. The van der Waals surface area contributed by atoms with Gasteiger partial charge in [-0.3, -0.25) is 19.4 Å². The van der Waals surface area contributed by atoms with E-state index in [4.69, 9.17) is 5.10 Å². The molecule has 4 heterocycles. The van der Waals surface area contributed by atoms with Crippen molar-refractivity contribution >= 4 is 5.91 Å².